The normalized spacial score (nSPS) is 13.5. The van der Waals surface area contributed by atoms with Gasteiger partial charge >= 0.3 is 0 Å². The van der Waals surface area contributed by atoms with E-state index in [0.29, 0.717) is 17.2 Å². The smallest absolute Gasteiger partial charge is 0.251 e. The Morgan fingerprint density at radius 3 is 2.64 bits per heavy atom. The Balaban J connectivity index is 1.49. The molecule has 4 aromatic rings. The number of rotatable bonds is 6. The summed E-state index contributed by atoms with van der Waals surface area (Å²) in [6, 6.07) is 9.63. The van der Waals surface area contributed by atoms with Crippen molar-refractivity contribution < 1.29 is 4.79 Å². The van der Waals surface area contributed by atoms with Gasteiger partial charge in [-0.15, -0.1) is 0 Å². The van der Waals surface area contributed by atoms with Crippen molar-refractivity contribution in [3.8, 4) is 16.9 Å². The molecule has 1 amide bonds. The van der Waals surface area contributed by atoms with Crippen molar-refractivity contribution in [2.24, 2.45) is 0 Å². The van der Waals surface area contributed by atoms with Crippen LogP contribution >= 0.6 is 0 Å². The van der Waals surface area contributed by atoms with Crippen LogP contribution in [-0.4, -0.2) is 48.7 Å². The van der Waals surface area contributed by atoms with Gasteiger partial charge in [0.05, 0.1) is 35.5 Å². The van der Waals surface area contributed by atoms with E-state index in [0.717, 1.165) is 47.1 Å². The van der Waals surface area contributed by atoms with Crippen LogP contribution < -0.4 is 10.6 Å². The first-order valence-corrected chi connectivity index (χ1v) is 10.8. The first-order chi connectivity index (χ1) is 16.1. The maximum Gasteiger partial charge on any atom is 0.251 e. The fourth-order valence-corrected chi connectivity index (χ4v) is 3.63. The molecule has 5 rings (SSSR count). The third-order valence-electron chi connectivity index (χ3n) is 5.62. The van der Waals surface area contributed by atoms with E-state index in [4.69, 9.17) is 0 Å². The molecule has 0 atom stereocenters. The number of aryl methyl sites for hydroxylation is 2. The van der Waals surface area contributed by atoms with Gasteiger partial charge in [0, 0.05) is 42.5 Å². The summed E-state index contributed by atoms with van der Waals surface area (Å²) in [4.78, 5) is 30.7. The summed E-state index contributed by atoms with van der Waals surface area (Å²) in [6.07, 6.45) is 6.73. The largest absolute Gasteiger partial charge is 0.346 e. The summed E-state index contributed by atoms with van der Waals surface area (Å²) in [5.74, 6) is 0.967. The van der Waals surface area contributed by atoms with Crippen LogP contribution in [0.5, 0.6) is 0 Å². The lowest BCUT2D eigenvalue weighted by Gasteiger charge is -2.26. The van der Waals surface area contributed by atoms with Crippen molar-refractivity contribution in [1.82, 2.24) is 40.3 Å². The third-order valence-corrected chi connectivity index (χ3v) is 5.62. The maximum atomic E-state index is 13.1. The van der Waals surface area contributed by atoms with Crippen molar-refractivity contribution in [3.63, 3.8) is 0 Å². The minimum atomic E-state index is -0.209. The van der Waals surface area contributed by atoms with Crippen molar-refractivity contribution in [3.05, 3.63) is 83.6 Å². The van der Waals surface area contributed by atoms with E-state index >= 15 is 0 Å². The molecule has 0 aliphatic carbocycles. The number of pyridine rings is 1. The molecule has 1 fully saturated rings. The van der Waals surface area contributed by atoms with E-state index in [-0.39, 0.29) is 12.5 Å². The van der Waals surface area contributed by atoms with Gasteiger partial charge in [0.25, 0.3) is 5.91 Å². The Bertz CT molecular complexity index is 1280. The minimum absolute atomic E-state index is 0.209. The highest BCUT2D eigenvalue weighted by atomic mass is 16.1. The molecular formula is C24H24N8O. The van der Waals surface area contributed by atoms with E-state index in [1.54, 1.807) is 18.7 Å². The van der Waals surface area contributed by atoms with Crippen molar-refractivity contribution in [2.45, 2.75) is 26.3 Å². The zero-order chi connectivity index (χ0) is 22.8. The molecule has 9 nitrogen and oxygen atoms in total. The van der Waals surface area contributed by atoms with E-state index < -0.39 is 0 Å². The van der Waals surface area contributed by atoms with Crippen LogP contribution in [0.15, 0.2) is 55.2 Å². The molecule has 166 valence electrons. The SMILES string of the molecule is Cc1ccc(-c2cc(C(=O)NCc3cnc(C)cn3)cc(-n3ncnc3C3CNC3)c2)nc1. The van der Waals surface area contributed by atoms with Crippen LogP contribution in [0.4, 0.5) is 0 Å². The molecule has 4 heterocycles. The predicted molar refractivity (Wildman–Crippen MR) is 123 cm³/mol. The first kappa shape index (κ1) is 20.9. The van der Waals surface area contributed by atoms with E-state index in [1.807, 2.05) is 55.1 Å². The number of hydrogen-bond donors (Lipinski definition) is 2. The second-order valence-electron chi connectivity index (χ2n) is 8.21. The molecule has 1 aromatic carbocycles. The standard InChI is InChI=1S/C24H24N8O/c1-15-3-4-22(28-8-15)17-5-18(24(33)29-13-20-12-26-16(2)9-27-20)7-21(6-17)32-23(30-14-31-32)19-10-25-11-19/h3-9,12,14,19,25H,10-11,13H2,1-2H3,(H,29,33). The van der Waals surface area contributed by atoms with E-state index in [2.05, 4.69) is 35.7 Å². The molecule has 0 spiro atoms. The molecule has 3 aromatic heterocycles. The number of carbonyl (C=O) groups excluding carboxylic acids is 1. The molecule has 2 N–H and O–H groups in total. The number of hydrogen-bond acceptors (Lipinski definition) is 7. The number of benzene rings is 1. The van der Waals surface area contributed by atoms with Crippen molar-refractivity contribution in [1.29, 1.82) is 0 Å². The van der Waals surface area contributed by atoms with Gasteiger partial charge in [-0.2, -0.15) is 5.10 Å². The van der Waals surface area contributed by atoms with Gasteiger partial charge < -0.3 is 10.6 Å². The number of aromatic nitrogens is 6. The highest BCUT2D eigenvalue weighted by Gasteiger charge is 2.25. The lowest BCUT2D eigenvalue weighted by molar-refractivity contribution is 0.0950. The van der Waals surface area contributed by atoms with Crippen LogP contribution in [0.25, 0.3) is 16.9 Å². The summed E-state index contributed by atoms with van der Waals surface area (Å²) in [5.41, 5.74) is 5.50. The van der Waals surface area contributed by atoms with Crippen LogP contribution in [0.3, 0.4) is 0 Å². The molecule has 0 radical (unpaired) electrons. The quantitative estimate of drug-likeness (QED) is 0.473. The number of amides is 1. The lowest BCUT2D eigenvalue weighted by Crippen LogP contribution is -2.41. The Morgan fingerprint density at radius 2 is 1.94 bits per heavy atom. The summed E-state index contributed by atoms with van der Waals surface area (Å²) < 4.78 is 1.81. The monoisotopic (exact) mass is 440 g/mol. The van der Waals surface area contributed by atoms with Crippen molar-refractivity contribution >= 4 is 5.91 Å². The summed E-state index contributed by atoms with van der Waals surface area (Å²) in [6.45, 7) is 5.89. The summed E-state index contributed by atoms with van der Waals surface area (Å²) >= 11 is 0. The van der Waals surface area contributed by atoms with Crippen LogP contribution in [0.1, 0.15) is 39.1 Å². The molecule has 1 aliphatic heterocycles. The topological polar surface area (TPSA) is 111 Å². The molecule has 9 heteroatoms. The van der Waals surface area contributed by atoms with Gasteiger partial charge in [-0.3, -0.25) is 19.7 Å². The zero-order valence-electron chi connectivity index (χ0n) is 18.5. The van der Waals surface area contributed by atoms with Crippen LogP contribution in [0.2, 0.25) is 0 Å². The van der Waals surface area contributed by atoms with Gasteiger partial charge in [0.2, 0.25) is 0 Å². The molecular weight excluding hydrogens is 416 g/mol. The molecule has 0 unspecified atom stereocenters. The first-order valence-electron chi connectivity index (χ1n) is 10.8. The minimum Gasteiger partial charge on any atom is -0.346 e. The second kappa shape index (κ2) is 8.87. The number of carbonyl (C=O) groups is 1. The van der Waals surface area contributed by atoms with Gasteiger partial charge in [-0.05, 0) is 43.7 Å². The number of nitrogens with zero attached hydrogens (tertiary/aromatic N) is 6. The van der Waals surface area contributed by atoms with E-state index in [9.17, 15) is 4.79 Å². The molecule has 33 heavy (non-hydrogen) atoms. The van der Waals surface area contributed by atoms with Gasteiger partial charge in [-0.25, -0.2) is 9.67 Å². The van der Waals surface area contributed by atoms with Crippen LogP contribution in [-0.2, 0) is 6.54 Å². The Hall–Kier alpha value is -3.98. The fraction of sp³-hybridized carbons (Fsp3) is 0.250. The summed E-state index contributed by atoms with van der Waals surface area (Å²) in [7, 11) is 0. The zero-order valence-corrected chi connectivity index (χ0v) is 18.5. The predicted octanol–water partition coefficient (Wildman–Crippen LogP) is 2.35. The second-order valence-corrected chi connectivity index (χ2v) is 8.21. The maximum absolute atomic E-state index is 13.1. The van der Waals surface area contributed by atoms with Gasteiger partial charge in [0.1, 0.15) is 12.2 Å². The fourth-order valence-electron chi connectivity index (χ4n) is 3.63. The Morgan fingerprint density at radius 1 is 1.06 bits per heavy atom. The summed E-state index contributed by atoms with van der Waals surface area (Å²) in [5, 5.41) is 10.7. The Labute approximate surface area is 191 Å². The molecule has 1 saturated heterocycles. The average Bonchev–Trinajstić information content (AvgIpc) is 3.26. The molecule has 0 bridgehead atoms. The average molecular weight is 441 g/mol. The number of nitrogens with one attached hydrogen (secondary N) is 2. The van der Waals surface area contributed by atoms with E-state index in [1.165, 1.54) is 0 Å². The Kier molecular flexibility index (Phi) is 5.62. The molecule has 1 aliphatic rings. The van der Waals surface area contributed by atoms with Crippen molar-refractivity contribution in [2.75, 3.05) is 13.1 Å². The van der Waals surface area contributed by atoms with Crippen LogP contribution in [0, 0.1) is 13.8 Å². The van der Waals surface area contributed by atoms with Gasteiger partial charge in [-0.1, -0.05) is 6.07 Å². The van der Waals surface area contributed by atoms with Gasteiger partial charge in [0.15, 0.2) is 0 Å². The highest BCUT2D eigenvalue weighted by molar-refractivity contribution is 5.96. The third kappa shape index (κ3) is 4.49. The lowest BCUT2D eigenvalue weighted by atomic mass is 10.0. The molecule has 0 saturated carbocycles. The highest BCUT2D eigenvalue weighted by Crippen LogP contribution is 2.26.